The summed E-state index contributed by atoms with van der Waals surface area (Å²) >= 11 is 0. The van der Waals surface area contributed by atoms with Crippen LogP contribution in [0.5, 0.6) is 0 Å². The second-order valence-electron chi connectivity index (χ2n) is 7.01. The largest absolute Gasteiger partial charge is 1.00 e. The van der Waals surface area contributed by atoms with E-state index < -0.39 is 0 Å². The number of carbonyl (C=O) groups excluding carboxylic acids is 4. The van der Waals surface area contributed by atoms with Gasteiger partial charge in [0.1, 0.15) is 11.4 Å². The monoisotopic (exact) mass is 522 g/mol. The van der Waals surface area contributed by atoms with Crippen LogP contribution in [-0.2, 0) is 25.6 Å². The molecule has 0 unspecified atom stereocenters. The van der Waals surface area contributed by atoms with Crippen LogP contribution >= 0.6 is 0 Å². The van der Waals surface area contributed by atoms with Crippen molar-refractivity contribution in [1.82, 2.24) is 0 Å². The fourth-order valence-corrected chi connectivity index (χ4v) is 3.72. The molecule has 0 saturated carbocycles. The molecule has 4 rings (SSSR count). The van der Waals surface area contributed by atoms with E-state index in [2.05, 4.69) is 0 Å². The molecule has 0 bridgehead atoms. The van der Waals surface area contributed by atoms with E-state index >= 15 is 0 Å². The smallest absolute Gasteiger partial charge is 0.325 e. The molecule has 8 heteroatoms. The molecule has 152 valence electrons. The first-order valence-electron chi connectivity index (χ1n) is 9.08. The van der Waals surface area contributed by atoms with Gasteiger partial charge in [0.05, 0.1) is 25.7 Å². The molecule has 0 spiro atoms. The number of hydrogen-bond acceptors (Lipinski definition) is 4. The Morgan fingerprint density at radius 1 is 0.517 bits per heavy atom. The van der Waals surface area contributed by atoms with Gasteiger partial charge in [-0.3, -0.25) is 0 Å². The van der Waals surface area contributed by atoms with Crippen molar-refractivity contribution < 1.29 is 62.9 Å². The number of halogens is 2. The SMILES string of the molecule is O=C1CCC(=O)[NH+]1c1ccc(Cc2ccc([NH+]3C(=O)CCC3=O)cc2)cc1.[Br-].[Br-]. The zero-order valence-electron chi connectivity index (χ0n) is 15.5. The van der Waals surface area contributed by atoms with Crippen LogP contribution in [-0.4, -0.2) is 23.6 Å². The number of rotatable bonds is 4. The van der Waals surface area contributed by atoms with Gasteiger partial charge in [-0.15, -0.1) is 0 Å². The van der Waals surface area contributed by atoms with Crippen LogP contribution in [0.2, 0.25) is 0 Å². The Bertz CT molecular complexity index is 833. The van der Waals surface area contributed by atoms with E-state index in [1.807, 2.05) is 48.5 Å². The van der Waals surface area contributed by atoms with Gasteiger partial charge in [-0.2, -0.15) is 9.80 Å². The molecular formula is C21H20Br2N2O4. The van der Waals surface area contributed by atoms with Crippen molar-refractivity contribution in [3.8, 4) is 0 Å². The summed E-state index contributed by atoms with van der Waals surface area (Å²) in [5, 5.41) is 0. The molecule has 0 aromatic heterocycles. The van der Waals surface area contributed by atoms with Gasteiger partial charge in [0, 0.05) is 24.3 Å². The van der Waals surface area contributed by atoms with Gasteiger partial charge in [-0.25, -0.2) is 19.2 Å². The van der Waals surface area contributed by atoms with Crippen molar-refractivity contribution in [1.29, 1.82) is 0 Å². The van der Waals surface area contributed by atoms with Crippen LogP contribution in [0.4, 0.5) is 11.4 Å². The van der Waals surface area contributed by atoms with Crippen molar-refractivity contribution >= 4 is 35.0 Å². The molecule has 2 aromatic rings. The van der Waals surface area contributed by atoms with E-state index in [0.29, 0.717) is 53.3 Å². The third-order valence-corrected chi connectivity index (χ3v) is 5.17. The summed E-state index contributed by atoms with van der Waals surface area (Å²) in [4.78, 5) is 48.0. The number of imide groups is 2. The van der Waals surface area contributed by atoms with E-state index in [9.17, 15) is 19.2 Å². The Morgan fingerprint density at radius 3 is 1.07 bits per heavy atom. The lowest BCUT2D eigenvalue weighted by Gasteiger charge is -2.09. The summed E-state index contributed by atoms with van der Waals surface area (Å²) in [7, 11) is 0. The highest BCUT2D eigenvalue weighted by Gasteiger charge is 2.38. The van der Waals surface area contributed by atoms with Crippen molar-refractivity contribution in [2.75, 3.05) is 0 Å². The fraction of sp³-hybridized carbons (Fsp3) is 0.238. The highest BCUT2D eigenvalue weighted by atomic mass is 79.9. The minimum Gasteiger partial charge on any atom is -1.00 e. The maximum absolute atomic E-state index is 11.8. The Balaban J connectivity index is 0.00000150. The van der Waals surface area contributed by atoms with Crippen molar-refractivity contribution in [2.45, 2.75) is 32.1 Å². The van der Waals surface area contributed by atoms with Crippen molar-refractivity contribution in [3.05, 3.63) is 59.7 Å². The molecule has 0 atom stereocenters. The summed E-state index contributed by atoms with van der Waals surface area (Å²) in [6.45, 7) is 0. The molecular weight excluding hydrogens is 504 g/mol. The van der Waals surface area contributed by atoms with Gasteiger partial charge in [-0.05, 0) is 17.5 Å². The molecule has 2 aliphatic rings. The van der Waals surface area contributed by atoms with Crippen LogP contribution in [0.25, 0.3) is 0 Å². The lowest BCUT2D eigenvalue weighted by molar-refractivity contribution is -0.657. The topological polar surface area (TPSA) is 77.2 Å². The first-order chi connectivity index (χ1) is 13.0. The molecule has 2 N–H and O–H groups in total. The normalized spacial score (nSPS) is 17.4. The van der Waals surface area contributed by atoms with Gasteiger partial charge < -0.3 is 34.0 Å². The maximum atomic E-state index is 11.8. The van der Waals surface area contributed by atoms with Gasteiger partial charge in [0.2, 0.25) is 0 Å². The zero-order valence-corrected chi connectivity index (χ0v) is 18.7. The minimum atomic E-state index is -0.0724. The fourth-order valence-electron chi connectivity index (χ4n) is 3.72. The van der Waals surface area contributed by atoms with Crippen LogP contribution < -0.4 is 43.8 Å². The first-order valence-corrected chi connectivity index (χ1v) is 9.08. The molecule has 6 nitrogen and oxygen atoms in total. The molecule has 29 heavy (non-hydrogen) atoms. The van der Waals surface area contributed by atoms with E-state index in [1.54, 1.807) is 0 Å². The second-order valence-corrected chi connectivity index (χ2v) is 7.01. The van der Waals surface area contributed by atoms with Gasteiger partial charge >= 0.3 is 23.6 Å². The predicted molar refractivity (Wildman–Crippen MR) is 95.4 cm³/mol. The summed E-state index contributed by atoms with van der Waals surface area (Å²) < 4.78 is 0. The maximum Gasteiger partial charge on any atom is 0.325 e. The highest BCUT2D eigenvalue weighted by Crippen LogP contribution is 2.15. The molecule has 2 aromatic carbocycles. The quantitative estimate of drug-likeness (QED) is 0.391. The van der Waals surface area contributed by atoms with Crippen LogP contribution in [0.1, 0.15) is 36.8 Å². The van der Waals surface area contributed by atoms with Crippen molar-refractivity contribution in [3.63, 3.8) is 0 Å². The third-order valence-electron chi connectivity index (χ3n) is 5.17. The third kappa shape index (κ3) is 4.78. The van der Waals surface area contributed by atoms with Gasteiger partial charge in [0.25, 0.3) is 0 Å². The summed E-state index contributed by atoms with van der Waals surface area (Å²) in [5.41, 5.74) is 3.50. The predicted octanol–water partition coefficient (Wildman–Crippen LogP) is -5.99. The van der Waals surface area contributed by atoms with Crippen LogP contribution in [0.15, 0.2) is 48.5 Å². The molecule has 0 aliphatic carbocycles. The summed E-state index contributed by atoms with van der Waals surface area (Å²) in [5.74, 6) is -0.289. The lowest BCUT2D eigenvalue weighted by atomic mass is 10.0. The van der Waals surface area contributed by atoms with Crippen LogP contribution in [0, 0.1) is 0 Å². The number of carbonyl (C=O) groups is 4. The Hall–Kier alpha value is -2.00. The molecule has 2 aliphatic heterocycles. The first kappa shape index (κ1) is 23.3. The van der Waals surface area contributed by atoms with Crippen molar-refractivity contribution in [2.24, 2.45) is 0 Å². The number of hydrogen-bond donors (Lipinski definition) is 2. The number of quaternary nitrogens is 2. The standard InChI is InChI=1S/C21H18N2O4.2BrH/c24-18-9-10-19(25)22(18)16-5-1-14(2-6-16)13-15-3-7-17(8-4-15)23-20(26)11-12-21(23)27;;/h1-8H,9-13H2;2*1H. The molecule has 4 amide bonds. The average molecular weight is 524 g/mol. The zero-order chi connectivity index (χ0) is 19.0. The van der Waals surface area contributed by atoms with E-state index in [1.165, 1.54) is 0 Å². The minimum absolute atomic E-state index is 0. The molecule has 2 fully saturated rings. The molecule has 2 heterocycles. The summed E-state index contributed by atoms with van der Waals surface area (Å²) in [6, 6.07) is 15.0. The number of nitrogens with one attached hydrogen (secondary N) is 2. The second kappa shape index (κ2) is 9.67. The average Bonchev–Trinajstić information content (AvgIpc) is 3.18. The highest BCUT2D eigenvalue weighted by molar-refractivity contribution is 5.91. The summed E-state index contributed by atoms with van der Waals surface area (Å²) in [6.07, 6.45) is 1.94. The Labute approximate surface area is 189 Å². The number of benzene rings is 2. The van der Waals surface area contributed by atoms with Gasteiger partial charge in [0.15, 0.2) is 0 Å². The van der Waals surface area contributed by atoms with E-state index in [0.717, 1.165) is 11.1 Å². The number of amides is 4. The Morgan fingerprint density at radius 2 is 0.793 bits per heavy atom. The van der Waals surface area contributed by atoms with E-state index in [4.69, 9.17) is 0 Å². The Kier molecular flexibility index (Phi) is 7.76. The van der Waals surface area contributed by atoms with Gasteiger partial charge in [-0.1, -0.05) is 24.3 Å². The lowest BCUT2D eigenvalue weighted by Crippen LogP contribution is -3.10. The molecule has 2 saturated heterocycles. The van der Waals surface area contributed by atoms with Crippen LogP contribution in [0.3, 0.4) is 0 Å². The molecule has 0 radical (unpaired) electrons. The van der Waals surface area contributed by atoms with E-state index in [-0.39, 0.29) is 57.6 Å².